The second-order valence-electron chi connectivity index (χ2n) is 3.44. The molecule has 0 radical (unpaired) electrons. The van der Waals surface area contributed by atoms with Crippen LogP contribution < -0.4 is 0 Å². The van der Waals surface area contributed by atoms with Gasteiger partial charge in [0.05, 0.1) is 17.3 Å². The van der Waals surface area contributed by atoms with Crippen molar-refractivity contribution in [2.75, 3.05) is 17.3 Å². The molecule has 4 nitrogen and oxygen atoms in total. The molecule has 0 saturated carbocycles. The highest BCUT2D eigenvalue weighted by molar-refractivity contribution is 8.13. The molecule has 1 heterocycles. The highest BCUT2D eigenvalue weighted by atomic mass is 35.7. The molecule has 1 unspecified atom stereocenters. The van der Waals surface area contributed by atoms with Gasteiger partial charge in [-0.1, -0.05) is 12.2 Å². The Labute approximate surface area is 88.3 Å². The molecule has 0 N–H and O–H groups in total. The van der Waals surface area contributed by atoms with E-state index in [2.05, 4.69) is 6.58 Å². The lowest BCUT2D eigenvalue weighted by Gasteiger charge is -2.08. The third kappa shape index (κ3) is 3.59. The molecule has 1 fully saturated rings. The number of hydrogen-bond donors (Lipinski definition) is 0. The van der Waals surface area contributed by atoms with Gasteiger partial charge in [-0.05, 0) is 12.3 Å². The molecule has 1 aliphatic rings. The Kier molecular flexibility index (Phi) is 3.28. The highest BCUT2D eigenvalue weighted by Crippen LogP contribution is 2.25. The maximum absolute atomic E-state index is 11.1. The van der Waals surface area contributed by atoms with Crippen molar-refractivity contribution in [3.63, 3.8) is 0 Å². The van der Waals surface area contributed by atoms with Crippen LogP contribution >= 0.6 is 10.7 Å². The summed E-state index contributed by atoms with van der Waals surface area (Å²) in [5, 5.41) is 0. The van der Waals surface area contributed by atoms with Gasteiger partial charge in [0.1, 0.15) is 0 Å². The summed E-state index contributed by atoms with van der Waals surface area (Å²) in [6.07, 6.45) is 0.452. The summed E-state index contributed by atoms with van der Waals surface area (Å²) in [5.41, 5.74) is 0.390. The quantitative estimate of drug-likeness (QED) is 0.548. The van der Waals surface area contributed by atoms with E-state index >= 15 is 0 Å². The monoisotopic (exact) mass is 258 g/mol. The molecule has 7 heteroatoms. The molecule has 1 saturated heterocycles. The van der Waals surface area contributed by atoms with Crippen LogP contribution in [0.2, 0.25) is 0 Å². The van der Waals surface area contributed by atoms with Crippen molar-refractivity contribution in [3.05, 3.63) is 12.2 Å². The van der Waals surface area contributed by atoms with Gasteiger partial charge in [-0.2, -0.15) is 0 Å². The van der Waals surface area contributed by atoms with Gasteiger partial charge >= 0.3 is 0 Å². The number of halogens is 1. The second-order valence-corrected chi connectivity index (χ2v) is 8.45. The zero-order valence-corrected chi connectivity index (χ0v) is 9.83. The Balaban J connectivity index is 2.66. The van der Waals surface area contributed by atoms with E-state index in [1.54, 1.807) is 0 Å². The molecule has 1 aliphatic heterocycles. The Morgan fingerprint density at radius 1 is 1.50 bits per heavy atom. The van der Waals surface area contributed by atoms with E-state index in [0.29, 0.717) is 12.0 Å². The Bertz CT molecular complexity index is 434. The summed E-state index contributed by atoms with van der Waals surface area (Å²) in [6, 6.07) is 0. The minimum Gasteiger partial charge on any atom is -0.229 e. The zero-order valence-electron chi connectivity index (χ0n) is 7.44. The lowest BCUT2D eigenvalue weighted by atomic mass is 10.0. The SMILES string of the molecule is C=C(CS(=O)(=O)Cl)C1CCS(=O)(=O)C1. The van der Waals surface area contributed by atoms with Gasteiger partial charge in [-0.15, -0.1) is 0 Å². The van der Waals surface area contributed by atoms with E-state index in [4.69, 9.17) is 10.7 Å². The molecule has 0 aliphatic carbocycles. The molecule has 0 aromatic carbocycles. The lowest BCUT2D eigenvalue weighted by molar-refractivity contribution is 0.597. The van der Waals surface area contributed by atoms with Gasteiger partial charge < -0.3 is 0 Å². The van der Waals surface area contributed by atoms with Crippen LogP contribution in [0.15, 0.2) is 12.2 Å². The van der Waals surface area contributed by atoms with Crippen molar-refractivity contribution >= 4 is 29.6 Å². The molecular formula is C7H11ClO4S2. The van der Waals surface area contributed by atoms with Gasteiger partial charge in [0.25, 0.3) is 0 Å². The first-order chi connectivity index (χ1) is 6.20. The third-order valence-corrected chi connectivity index (χ3v) is 4.98. The van der Waals surface area contributed by atoms with Crippen molar-refractivity contribution in [1.82, 2.24) is 0 Å². The van der Waals surface area contributed by atoms with Crippen LogP contribution in [0.4, 0.5) is 0 Å². The van der Waals surface area contributed by atoms with Crippen molar-refractivity contribution in [1.29, 1.82) is 0 Å². The normalized spacial score (nSPS) is 26.2. The van der Waals surface area contributed by atoms with Gasteiger partial charge in [0.15, 0.2) is 9.84 Å². The molecule has 14 heavy (non-hydrogen) atoms. The fourth-order valence-electron chi connectivity index (χ4n) is 1.46. The minimum atomic E-state index is -3.62. The van der Waals surface area contributed by atoms with Crippen molar-refractivity contribution in [2.45, 2.75) is 6.42 Å². The first-order valence-corrected chi connectivity index (χ1v) is 8.30. The lowest BCUT2D eigenvalue weighted by Crippen LogP contribution is -2.12. The largest absolute Gasteiger partial charge is 0.236 e. The standard InChI is InChI=1S/C7H11ClO4S2/c1-6(4-14(8,11)12)7-2-3-13(9,10)5-7/h7H,1-5H2. The van der Waals surface area contributed by atoms with Crippen molar-refractivity contribution < 1.29 is 16.8 Å². The number of rotatable bonds is 3. The summed E-state index contributed by atoms with van der Waals surface area (Å²) in [4.78, 5) is 0. The van der Waals surface area contributed by atoms with Gasteiger partial charge in [0, 0.05) is 10.7 Å². The summed E-state index contributed by atoms with van der Waals surface area (Å²) in [5.74, 6) is -0.486. The average molecular weight is 259 g/mol. The van der Waals surface area contributed by atoms with Crippen LogP contribution in [-0.4, -0.2) is 34.1 Å². The molecular weight excluding hydrogens is 248 g/mol. The highest BCUT2D eigenvalue weighted by Gasteiger charge is 2.30. The Hall–Kier alpha value is -0.0700. The molecule has 0 aromatic rings. The predicted molar refractivity (Wildman–Crippen MR) is 55.5 cm³/mol. The maximum atomic E-state index is 11.1. The van der Waals surface area contributed by atoms with Crippen LogP contribution in [0, 0.1) is 5.92 Å². The molecule has 82 valence electrons. The van der Waals surface area contributed by atoms with E-state index in [0.717, 1.165) is 0 Å². The van der Waals surface area contributed by atoms with Crippen LogP contribution in [0.3, 0.4) is 0 Å². The average Bonchev–Trinajstić information content (AvgIpc) is 2.26. The first kappa shape index (κ1) is 12.0. The van der Waals surface area contributed by atoms with Crippen LogP contribution in [-0.2, 0) is 18.9 Å². The topological polar surface area (TPSA) is 68.3 Å². The van der Waals surface area contributed by atoms with Crippen LogP contribution in [0.1, 0.15) is 6.42 Å². The molecule has 1 atom stereocenters. The number of hydrogen-bond acceptors (Lipinski definition) is 4. The first-order valence-electron chi connectivity index (χ1n) is 4.00. The molecule has 0 spiro atoms. The Morgan fingerprint density at radius 2 is 2.07 bits per heavy atom. The zero-order chi connectivity index (χ0) is 11.0. The smallest absolute Gasteiger partial charge is 0.229 e. The van der Waals surface area contributed by atoms with Gasteiger partial charge in [0.2, 0.25) is 9.05 Å². The van der Waals surface area contributed by atoms with E-state index in [-0.39, 0.29) is 23.2 Å². The van der Waals surface area contributed by atoms with Gasteiger partial charge in [-0.3, -0.25) is 0 Å². The molecule has 0 amide bonds. The predicted octanol–water partition coefficient (Wildman–Crippen LogP) is 0.546. The second kappa shape index (κ2) is 3.83. The fraction of sp³-hybridized carbons (Fsp3) is 0.714. The summed E-state index contributed by atoms with van der Waals surface area (Å²) in [7, 11) is -1.58. The van der Waals surface area contributed by atoms with Crippen LogP contribution in [0.25, 0.3) is 0 Å². The van der Waals surface area contributed by atoms with Crippen molar-refractivity contribution in [2.24, 2.45) is 5.92 Å². The summed E-state index contributed by atoms with van der Waals surface area (Å²) < 4.78 is 43.6. The van der Waals surface area contributed by atoms with Crippen LogP contribution in [0.5, 0.6) is 0 Å². The fourth-order valence-corrected chi connectivity index (χ4v) is 4.38. The van der Waals surface area contributed by atoms with Gasteiger partial charge in [-0.25, -0.2) is 16.8 Å². The van der Waals surface area contributed by atoms with E-state index in [1.807, 2.05) is 0 Å². The van der Waals surface area contributed by atoms with E-state index in [1.165, 1.54) is 0 Å². The molecule has 0 bridgehead atoms. The Morgan fingerprint density at radius 3 is 2.43 bits per heavy atom. The summed E-state index contributed by atoms with van der Waals surface area (Å²) in [6.45, 7) is 3.56. The van der Waals surface area contributed by atoms with E-state index < -0.39 is 18.9 Å². The van der Waals surface area contributed by atoms with E-state index in [9.17, 15) is 16.8 Å². The number of sulfone groups is 1. The third-order valence-electron chi connectivity index (χ3n) is 2.17. The maximum Gasteiger partial charge on any atom is 0.236 e. The molecule has 1 rings (SSSR count). The van der Waals surface area contributed by atoms with Crippen molar-refractivity contribution in [3.8, 4) is 0 Å². The minimum absolute atomic E-state index is 0.00174. The molecule has 0 aromatic heterocycles. The summed E-state index contributed by atoms with van der Waals surface area (Å²) >= 11 is 0.